The van der Waals surface area contributed by atoms with Crippen LogP contribution in [-0.4, -0.2) is 6.03 Å². The van der Waals surface area contributed by atoms with Crippen molar-refractivity contribution in [1.82, 2.24) is 0 Å². The molecule has 1 aliphatic heterocycles. The van der Waals surface area contributed by atoms with Crippen molar-refractivity contribution in [3.05, 3.63) is 28.4 Å². The van der Waals surface area contributed by atoms with Crippen LogP contribution in [0, 0.1) is 0 Å². The molecule has 0 radical (unpaired) electrons. The summed E-state index contributed by atoms with van der Waals surface area (Å²) in [6.45, 7) is 0. The first kappa shape index (κ1) is 10.4. The van der Waals surface area contributed by atoms with Gasteiger partial charge in [-0.25, -0.2) is 4.79 Å². The highest BCUT2D eigenvalue weighted by Crippen LogP contribution is 2.33. The lowest BCUT2D eigenvalue weighted by Crippen LogP contribution is -2.29. The van der Waals surface area contributed by atoms with Gasteiger partial charge in [-0.3, -0.25) is 0 Å². The summed E-state index contributed by atoms with van der Waals surface area (Å²) in [6, 6.07) is 3.23. The molecule has 1 aliphatic carbocycles. The van der Waals surface area contributed by atoms with Crippen molar-refractivity contribution in [3.63, 3.8) is 0 Å². The number of hydrogen-bond donors (Lipinski definition) is 1. The zero-order valence-corrected chi connectivity index (χ0v) is 9.65. The lowest BCUT2D eigenvalue weighted by atomic mass is 9.83. The summed E-state index contributed by atoms with van der Waals surface area (Å²) in [5, 5.41) is 1.41. The molecule has 1 heterocycles. The molecule has 88 valence electrons. The van der Waals surface area contributed by atoms with E-state index in [1.807, 2.05) is 6.07 Å². The van der Waals surface area contributed by atoms with Crippen LogP contribution in [-0.2, 0) is 0 Å². The Hall–Kier alpha value is -1.71. The predicted molar refractivity (Wildman–Crippen MR) is 64.4 cm³/mol. The molecule has 4 nitrogen and oxygen atoms in total. The van der Waals surface area contributed by atoms with Crippen molar-refractivity contribution in [1.29, 1.82) is 0 Å². The van der Waals surface area contributed by atoms with Gasteiger partial charge in [-0.05, 0) is 30.9 Å². The van der Waals surface area contributed by atoms with Gasteiger partial charge in [0, 0.05) is 11.3 Å². The van der Waals surface area contributed by atoms with Crippen molar-refractivity contribution in [3.8, 4) is 0 Å². The molecule has 0 saturated heterocycles. The molecule has 3 rings (SSSR count). The fourth-order valence-electron chi connectivity index (χ4n) is 2.86. The molecule has 1 fully saturated rings. The van der Waals surface area contributed by atoms with E-state index in [0.717, 1.165) is 29.4 Å². The largest absolute Gasteiger partial charge is 0.398 e. The third-order valence-electron chi connectivity index (χ3n) is 3.67. The Morgan fingerprint density at radius 3 is 2.65 bits per heavy atom. The summed E-state index contributed by atoms with van der Waals surface area (Å²) in [6.07, 6.45) is 6.05. The van der Waals surface area contributed by atoms with E-state index in [4.69, 9.17) is 5.73 Å². The van der Waals surface area contributed by atoms with E-state index in [9.17, 15) is 4.79 Å². The molecule has 0 atom stereocenters. The maximum Gasteiger partial charge on any atom is 0.368 e. The summed E-state index contributed by atoms with van der Waals surface area (Å²) in [4.78, 5) is 19.2. The second kappa shape index (κ2) is 3.95. The summed E-state index contributed by atoms with van der Waals surface area (Å²) in [7, 11) is 0. The first-order valence-corrected chi connectivity index (χ1v) is 6.15. The number of carbonyl (C=O) groups excluding carboxylic acids is 1. The second-order valence-electron chi connectivity index (χ2n) is 4.78. The summed E-state index contributed by atoms with van der Waals surface area (Å²) >= 11 is 0. The molecular weight excluding hydrogens is 214 g/mol. The maximum atomic E-state index is 11.3. The molecule has 0 unspecified atom stereocenters. The first-order chi connectivity index (χ1) is 8.25. The molecule has 0 bridgehead atoms. The Labute approximate surface area is 99.3 Å². The van der Waals surface area contributed by atoms with Crippen LogP contribution < -0.4 is 16.4 Å². The minimum absolute atomic E-state index is 0.400. The van der Waals surface area contributed by atoms with Gasteiger partial charge in [-0.15, -0.1) is 0 Å². The molecular formula is C13H15N3O. The Morgan fingerprint density at radius 1 is 1.12 bits per heavy atom. The molecule has 0 spiro atoms. The summed E-state index contributed by atoms with van der Waals surface area (Å²) in [5.74, 6) is 0.448. The number of urea groups is 1. The normalized spacial score (nSPS) is 19.6. The van der Waals surface area contributed by atoms with Crippen LogP contribution in [0.2, 0.25) is 0 Å². The SMILES string of the molecule is Nc1ccc2c(c1C1CCCCC1)=NC(=O)N=2. The number of anilines is 1. The van der Waals surface area contributed by atoms with Crippen molar-refractivity contribution in [2.45, 2.75) is 38.0 Å². The lowest BCUT2D eigenvalue weighted by molar-refractivity contribution is 0.256. The Morgan fingerprint density at radius 2 is 1.88 bits per heavy atom. The van der Waals surface area contributed by atoms with Gasteiger partial charge >= 0.3 is 6.03 Å². The van der Waals surface area contributed by atoms with Crippen molar-refractivity contribution >= 4 is 11.7 Å². The fraction of sp³-hybridized carbons (Fsp3) is 0.462. The van der Waals surface area contributed by atoms with E-state index < -0.39 is 6.03 Å². The van der Waals surface area contributed by atoms with Crippen LogP contribution in [0.3, 0.4) is 0 Å². The molecule has 4 heteroatoms. The van der Waals surface area contributed by atoms with Crippen LogP contribution in [0.25, 0.3) is 0 Å². The molecule has 1 saturated carbocycles. The Bertz CT molecular complexity index is 585. The highest BCUT2D eigenvalue weighted by Gasteiger charge is 2.22. The number of nitrogens with zero attached hydrogens (tertiary/aromatic N) is 2. The van der Waals surface area contributed by atoms with Gasteiger partial charge in [0.05, 0.1) is 5.36 Å². The number of carbonyl (C=O) groups is 1. The summed E-state index contributed by atoms with van der Waals surface area (Å²) < 4.78 is 0. The molecule has 1 aromatic carbocycles. The molecule has 2 amide bonds. The zero-order chi connectivity index (χ0) is 11.8. The molecule has 0 aromatic heterocycles. The second-order valence-corrected chi connectivity index (χ2v) is 4.78. The number of nitrogens with two attached hydrogens (primary N) is 1. The standard InChI is InChI=1S/C13H15N3O/c14-9-6-7-10-12(16-13(17)15-10)11(9)8-4-2-1-3-5-8/h6-8H,1-5,14H2. The average Bonchev–Trinajstić information content (AvgIpc) is 2.70. The Balaban J connectivity index is 2.17. The van der Waals surface area contributed by atoms with Crippen molar-refractivity contribution < 1.29 is 4.79 Å². The van der Waals surface area contributed by atoms with Crippen molar-refractivity contribution in [2.24, 2.45) is 9.98 Å². The maximum absolute atomic E-state index is 11.3. The van der Waals surface area contributed by atoms with Crippen LogP contribution in [0.1, 0.15) is 43.6 Å². The highest BCUT2D eigenvalue weighted by atomic mass is 16.2. The number of benzene rings is 1. The van der Waals surface area contributed by atoms with Gasteiger partial charge in [0.25, 0.3) is 0 Å². The van der Waals surface area contributed by atoms with E-state index >= 15 is 0 Å². The zero-order valence-electron chi connectivity index (χ0n) is 9.65. The van der Waals surface area contributed by atoms with Gasteiger partial charge in [0.15, 0.2) is 0 Å². The molecule has 17 heavy (non-hydrogen) atoms. The van der Waals surface area contributed by atoms with Crippen LogP contribution >= 0.6 is 0 Å². The average molecular weight is 229 g/mol. The summed E-state index contributed by atoms with van der Waals surface area (Å²) in [5.41, 5.74) is 7.86. The van der Waals surface area contributed by atoms with Crippen LogP contribution in [0.5, 0.6) is 0 Å². The monoisotopic (exact) mass is 229 g/mol. The van der Waals surface area contributed by atoms with E-state index in [-0.39, 0.29) is 0 Å². The van der Waals surface area contributed by atoms with Gasteiger partial charge in [0.2, 0.25) is 0 Å². The molecule has 2 N–H and O–H groups in total. The van der Waals surface area contributed by atoms with Crippen LogP contribution in [0.4, 0.5) is 10.5 Å². The van der Waals surface area contributed by atoms with Crippen LogP contribution in [0.15, 0.2) is 22.1 Å². The van der Waals surface area contributed by atoms with E-state index in [1.165, 1.54) is 19.3 Å². The number of nitrogen functional groups attached to an aromatic ring is 1. The van der Waals surface area contributed by atoms with Gasteiger partial charge < -0.3 is 5.73 Å². The van der Waals surface area contributed by atoms with Gasteiger partial charge in [-0.1, -0.05) is 19.3 Å². The topological polar surface area (TPSA) is 67.8 Å². The highest BCUT2D eigenvalue weighted by molar-refractivity contribution is 5.78. The Kier molecular flexibility index (Phi) is 2.42. The fourth-order valence-corrected chi connectivity index (χ4v) is 2.86. The van der Waals surface area contributed by atoms with E-state index in [2.05, 4.69) is 9.98 Å². The predicted octanol–water partition coefficient (Wildman–Crippen LogP) is 1.69. The quantitative estimate of drug-likeness (QED) is 0.744. The number of hydrogen-bond acceptors (Lipinski definition) is 2. The smallest absolute Gasteiger partial charge is 0.368 e. The van der Waals surface area contributed by atoms with Gasteiger partial charge in [-0.2, -0.15) is 9.98 Å². The molecule has 1 aromatic rings. The van der Waals surface area contributed by atoms with E-state index in [0.29, 0.717) is 11.3 Å². The third-order valence-corrected chi connectivity index (χ3v) is 3.67. The first-order valence-electron chi connectivity index (χ1n) is 6.15. The van der Waals surface area contributed by atoms with Crippen molar-refractivity contribution in [2.75, 3.05) is 5.73 Å². The lowest BCUT2D eigenvalue weighted by Gasteiger charge is -2.22. The minimum atomic E-state index is -0.400. The number of fused-ring (bicyclic) bond motifs is 1. The number of rotatable bonds is 1. The van der Waals surface area contributed by atoms with E-state index in [1.54, 1.807) is 6.07 Å². The third kappa shape index (κ3) is 1.73. The minimum Gasteiger partial charge on any atom is -0.398 e. The number of amides is 2. The van der Waals surface area contributed by atoms with Gasteiger partial charge in [0.1, 0.15) is 5.36 Å². The molecule has 2 aliphatic rings.